The largest absolute Gasteiger partial charge is 0.385 e. The molecule has 164 valence electrons. The average molecular weight is 421 g/mol. The van der Waals surface area contributed by atoms with E-state index < -0.39 is 5.60 Å². The Morgan fingerprint density at radius 2 is 1.38 bits per heavy atom. The third-order valence-electron chi connectivity index (χ3n) is 6.96. The number of hydrogen-bond acceptors (Lipinski definition) is 2. The van der Waals surface area contributed by atoms with Crippen LogP contribution in [0.2, 0.25) is 5.02 Å². The van der Waals surface area contributed by atoms with Crippen LogP contribution in [0, 0.1) is 25.7 Å². The number of aryl methyl sites for hydroxylation is 2. The maximum Gasteiger partial charge on any atom is 0.132 e. The van der Waals surface area contributed by atoms with E-state index in [0.29, 0.717) is 5.78 Å². The van der Waals surface area contributed by atoms with Gasteiger partial charge in [-0.25, -0.2) is 0 Å². The SMILES string of the molecule is CCCC1CCC(=O)CC1.CCCC1CCC(O)(c2cc(C)c(Cl)c(C)c2)CC1. The maximum atomic E-state index is 10.9. The van der Waals surface area contributed by atoms with Crippen molar-refractivity contribution in [3.8, 4) is 0 Å². The first-order chi connectivity index (χ1) is 13.8. The summed E-state index contributed by atoms with van der Waals surface area (Å²) in [4.78, 5) is 10.8. The van der Waals surface area contributed by atoms with E-state index in [0.717, 1.165) is 84.9 Å². The van der Waals surface area contributed by atoms with Crippen molar-refractivity contribution in [1.82, 2.24) is 0 Å². The van der Waals surface area contributed by atoms with E-state index in [1.165, 1.54) is 25.7 Å². The molecular formula is C26H41ClO2. The van der Waals surface area contributed by atoms with Gasteiger partial charge in [0.2, 0.25) is 0 Å². The number of benzene rings is 1. The molecule has 3 heteroatoms. The second-order valence-corrected chi connectivity index (χ2v) is 9.84. The Balaban J connectivity index is 0.000000253. The van der Waals surface area contributed by atoms with E-state index >= 15 is 0 Å². The highest BCUT2D eigenvalue weighted by Crippen LogP contribution is 2.42. The van der Waals surface area contributed by atoms with Gasteiger partial charge in [0.25, 0.3) is 0 Å². The van der Waals surface area contributed by atoms with E-state index in [2.05, 4.69) is 26.0 Å². The lowest BCUT2D eigenvalue weighted by Crippen LogP contribution is -2.31. The first-order valence-electron chi connectivity index (χ1n) is 11.8. The van der Waals surface area contributed by atoms with E-state index in [1.54, 1.807) is 0 Å². The number of hydrogen-bond donors (Lipinski definition) is 1. The zero-order valence-electron chi connectivity index (χ0n) is 19.0. The molecule has 0 atom stereocenters. The number of Topliss-reactive ketones (excluding diaryl/α,β-unsaturated/α-hetero) is 1. The predicted octanol–water partition coefficient (Wildman–Crippen LogP) is 7.68. The van der Waals surface area contributed by atoms with Crippen LogP contribution in [0.15, 0.2) is 12.1 Å². The Hall–Kier alpha value is -0.860. The predicted molar refractivity (Wildman–Crippen MR) is 124 cm³/mol. The summed E-state index contributed by atoms with van der Waals surface area (Å²) >= 11 is 6.22. The minimum Gasteiger partial charge on any atom is -0.385 e. The summed E-state index contributed by atoms with van der Waals surface area (Å²) in [7, 11) is 0. The van der Waals surface area contributed by atoms with E-state index in [9.17, 15) is 9.90 Å². The van der Waals surface area contributed by atoms with Crippen LogP contribution < -0.4 is 0 Å². The lowest BCUT2D eigenvalue weighted by atomic mass is 9.73. The summed E-state index contributed by atoms with van der Waals surface area (Å²) in [6.45, 7) is 8.50. The van der Waals surface area contributed by atoms with E-state index in [4.69, 9.17) is 11.6 Å². The minimum atomic E-state index is -0.635. The molecule has 2 aliphatic carbocycles. The standard InChI is InChI=1S/C17H25ClO.C9H16O/c1-4-5-14-6-8-17(19,9-7-14)15-10-12(2)16(18)13(3)11-15;1-2-3-8-4-6-9(10)7-5-8/h10-11,14,19H,4-9H2,1-3H3;8H,2-7H2,1H3. The Bertz CT molecular complexity index is 626. The molecule has 0 bridgehead atoms. The Morgan fingerprint density at radius 3 is 1.83 bits per heavy atom. The van der Waals surface area contributed by atoms with Gasteiger partial charge in [0.15, 0.2) is 0 Å². The van der Waals surface area contributed by atoms with Gasteiger partial charge in [0.05, 0.1) is 5.60 Å². The van der Waals surface area contributed by atoms with Gasteiger partial charge in [-0.15, -0.1) is 0 Å². The minimum absolute atomic E-state index is 0.479. The van der Waals surface area contributed by atoms with Crippen molar-refractivity contribution in [2.45, 2.75) is 110 Å². The summed E-state index contributed by atoms with van der Waals surface area (Å²) in [5.74, 6) is 2.15. The van der Waals surface area contributed by atoms with Crippen molar-refractivity contribution in [2.24, 2.45) is 11.8 Å². The summed E-state index contributed by atoms with van der Waals surface area (Å²) in [6, 6.07) is 4.13. The molecule has 0 aromatic heterocycles. The molecular weight excluding hydrogens is 380 g/mol. The summed E-state index contributed by atoms with van der Waals surface area (Å²) in [6.07, 6.45) is 13.2. The van der Waals surface area contributed by atoms with Gasteiger partial charge in [-0.05, 0) is 80.9 Å². The monoisotopic (exact) mass is 420 g/mol. The number of carbonyl (C=O) groups is 1. The number of aliphatic hydroxyl groups is 1. The molecule has 29 heavy (non-hydrogen) atoms. The summed E-state index contributed by atoms with van der Waals surface area (Å²) < 4.78 is 0. The topological polar surface area (TPSA) is 37.3 Å². The normalized spacial score (nSPS) is 25.4. The van der Waals surface area contributed by atoms with Gasteiger partial charge in [0, 0.05) is 17.9 Å². The molecule has 0 amide bonds. The molecule has 1 aromatic rings. The fraction of sp³-hybridized carbons (Fsp3) is 0.731. The lowest BCUT2D eigenvalue weighted by Gasteiger charge is -2.37. The molecule has 0 spiro atoms. The lowest BCUT2D eigenvalue weighted by molar-refractivity contribution is -0.121. The van der Waals surface area contributed by atoms with Crippen LogP contribution in [0.5, 0.6) is 0 Å². The van der Waals surface area contributed by atoms with Gasteiger partial charge >= 0.3 is 0 Å². The van der Waals surface area contributed by atoms with Crippen molar-refractivity contribution in [1.29, 1.82) is 0 Å². The molecule has 0 radical (unpaired) electrons. The zero-order valence-corrected chi connectivity index (χ0v) is 19.8. The molecule has 0 aliphatic heterocycles. The fourth-order valence-corrected chi connectivity index (χ4v) is 5.16. The molecule has 2 aliphatic rings. The highest BCUT2D eigenvalue weighted by molar-refractivity contribution is 6.32. The molecule has 2 saturated carbocycles. The van der Waals surface area contributed by atoms with Crippen LogP contribution in [0.25, 0.3) is 0 Å². The van der Waals surface area contributed by atoms with Crippen molar-refractivity contribution >= 4 is 17.4 Å². The summed E-state index contributed by atoms with van der Waals surface area (Å²) in [5, 5.41) is 11.8. The fourth-order valence-electron chi connectivity index (χ4n) is 5.05. The van der Waals surface area contributed by atoms with Gasteiger partial charge in [-0.1, -0.05) is 63.3 Å². The Kier molecular flexibility index (Phi) is 9.69. The van der Waals surface area contributed by atoms with Gasteiger partial charge < -0.3 is 5.11 Å². The molecule has 2 fully saturated rings. The number of halogens is 1. The highest BCUT2D eigenvalue weighted by atomic mass is 35.5. The van der Waals surface area contributed by atoms with Gasteiger partial charge in [-0.3, -0.25) is 4.79 Å². The first-order valence-corrected chi connectivity index (χ1v) is 12.2. The molecule has 3 rings (SSSR count). The second-order valence-electron chi connectivity index (χ2n) is 9.46. The third kappa shape index (κ3) is 7.10. The van der Waals surface area contributed by atoms with Gasteiger partial charge in [-0.2, -0.15) is 0 Å². The Morgan fingerprint density at radius 1 is 0.931 bits per heavy atom. The Labute approximate surface area is 183 Å². The van der Waals surface area contributed by atoms with Crippen molar-refractivity contribution < 1.29 is 9.90 Å². The van der Waals surface area contributed by atoms with E-state index in [1.807, 2.05) is 13.8 Å². The number of rotatable bonds is 5. The van der Waals surface area contributed by atoms with Crippen LogP contribution in [0.4, 0.5) is 0 Å². The molecule has 1 aromatic carbocycles. The number of ketones is 1. The molecule has 2 nitrogen and oxygen atoms in total. The van der Waals surface area contributed by atoms with Crippen LogP contribution in [0.3, 0.4) is 0 Å². The smallest absolute Gasteiger partial charge is 0.132 e. The highest BCUT2D eigenvalue weighted by Gasteiger charge is 2.34. The zero-order chi connectivity index (χ0) is 21.4. The first kappa shape index (κ1) is 24.4. The molecule has 0 saturated heterocycles. The molecule has 1 N–H and O–H groups in total. The van der Waals surface area contributed by atoms with Crippen LogP contribution in [-0.4, -0.2) is 10.9 Å². The van der Waals surface area contributed by atoms with Crippen LogP contribution >= 0.6 is 11.6 Å². The van der Waals surface area contributed by atoms with Crippen molar-refractivity contribution in [3.63, 3.8) is 0 Å². The average Bonchev–Trinajstić information content (AvgIpc) is 2.70. The van der Waals surface area contributed by atoms with E-state index in [-0.39, 0.29) is 0 Å². The van der Waals surface area contributed by atoms with Crippen molar-refractivity contribution in [2.75, 3.05) is 0 Å². The van der Waals surface area contributed by atoms with Crippen LogP contribution in [-0.2, 0) is 10.4 Å². The second kappa shape index (κ2) is 11.5. The van der Waals surface area contributed by atoms with Crippen LogP contribution in [0.1, 0.15) is 108 Å². The quantitative estimate of drug-likeness (QED) is 0.530. The van der Waals surface area contributed by atoms with Crippen molar-refractivity contribution in [3.05, 3.63) is 33.8 Å². The van der Waals surface area contributed by atoms with Gasteiger partial charge in [0.1, 0.15) is 5.78 Å². The number of carbonyl (C=O) groups excluding carboxylic acids is 1. The maximum absolute atomic E-state index is 10.9. The molecule has 0 unspecified atom stereocenters. The summed E-state index contributed by atoms with van der Waals surface area (Å²) in [5.41, 5.74) is 2.56. The third-order valence-corrected chi connectivity index (χ3v) is 7.56. The molecule has 0 heterocycles.